The monoisotopic (exact) mass is 321 g/mol. The SMILES string of the molecule is CCc1occc1C(=O)Nc1c(C)cc(Br)cc1C. The van der Waals surface area contributed by atoms with Crippen LogP contribution in [0.4, 0.5) is 5.69 Å². The number of aryl methyl sites for hydroxylation is 3. The first-order valence-corrected chi connectivity index (χ1v) is 6.96. The lowest BCUT2D eigenvalue weighted by atomic mass is 10.1. The van der Waals surface area contributed by atoms with Gasteiger partial charge in [-0.2, -0.15) is 0 Å². The number of furan rings is 1. The van der Waals surface area contributed by atoms with E-state index in [4.69, 9.17) is 4.42 Å². The van der Waals surface area contributed by atoms with Gasteiger partial charge in [0.05, 0.1) is 11.8 Å². The van der Waals surface area contributed by atoms with Crippen LogP contribution in [0.3, 0.4) is 0 Å². The second-order valence-corrected chi connectivity index (χ2v) is 5.40. The summed E-state index contributed by atoms with van der Waals surface area (Å²) in [4.78, 5) is 12.3. The largest absolute Gasteiger partial charge is 0.469 e. The van der Waals surface area contributed by atoms with Gasteiger partial charge in [-0.05, 0) is 43.2 Å². The summed E-state index contributed by atoms with van der Waals surface area (Å²) in [6.07, 6.45) is 2.25. The Morgan fingerprint density at radius 2 is 1.95 bits per heavy atom. The predicted octanol–water partition coefficient (Wildman–Crippen LogP) is 4.47. The molecule has 2 aromatic rings. The molecule has 3 nitrogen and oxygen atoms in total. The van der Waals surface area contributed by atoms with Crippen LogP contribution in [-0.2, 0) is 6.42 Å². The molecule has 1 amide bonds. The van der Waals surface area contributed by atoms with Crippen molar-refractivity contribution in [3.05, 3.63) is 51.4 Å². The lowest BCUT2D eigenvalue weighted by Crippen LogP contribution is -2.14. The van der Waals surface area contributed by atoms with Crippen molar-refractivity contribution in [1.82, 2.24) is 0 Å². The molecule has 100 valence electrons. The lowest BCUT2D eigenvalue weighted by Gasteiger charge is -2.12. The summed E-state index contributed by atoms with van der Waals surface area (Å²) in [7, 11) is 0. The lowest BCUT2D eigenvalue weighted by molar-refractivity contribution is 0.102. The van der Waals surface area contributed by atoms with Gasteiger partial charge in [-0.1, -0.05) is 22.9 Å². The van der Waals surface area contributed by atoms with E-state index in [1.807, 2.05) is 32.9 Å². The fraction of sp³-hybridized carbons (Fsp3) is 0.267. The third kappa shape index (κ3) is 2.89. The molecule has 0 aliphatic heterocycles. The van der Waals surface area contributed by atoms with Gasteiger partial charge in [0.25, 0.3) is 5.91 Å². The van der Waals surface area contributed by atoms with E-state index in [0.717, 1.165) is 21.3 Å². The quantitative estimate of drug-likeness (QED) is 0.906. The van der Waals surface area contributed by atoms with Crippen molar-refractivity contribution in [3.8, 4) is 0 Å². The molecule has 0 radical (unpaired) electrons. The van der Waals surface area contributed by atoms with Crippen molar-refractivity contribution in [2.45, 2.75) is 27.2 Å². The minimum Gasteiger partial charge on any atom is -0.469 e. The molecule has 19 heavy (non-hydrogen) atoms. The highest BCUT2D eigenvalue weighted by Gasteiger charge is 2.15. The summed E-state index contributed by atoms with van der Waals surface area (Å²) in [5, 5.41) is 2.96. The third-order valence-electron chi connectivity index (χ3n) is 3.05. The van der Waals surface area contributed by atoms with Gasteiger partial charge in [0, 0.05) is 16.6 Å². The number of halogens is 1. The first-order valence-electron chi connectivity index (χ1n) is 6.17. The highest BCUT2D eigenvalue weighted by Crippen LogP contribution is 2.26. The second-order valence-electron chi connectivity index (χ2n) is 4.48. The van der Waals surface area contributed by atoms with E-state index in [1.165, 1.54) is 0 Å². The number of amides is 1. The Hall–Kier alpha value is -1.55. The molecule has 0 aliphatic carbocycles. The number of carbonyl (C=O) groups is 1. The summed E-state index contributed by atoms with van der Waals surface area (Å²) < 4.78 is 6.30. The Morgan fingerprint density at radius 3 is 2.53 bits per heavy atom. The van der Waals surface area contributed by atoms with Crippen molar-refractivity contribution in [3.63, 3.8) is 0 Å². The smallest absolute Gasteiger partial charge is 0.259 e. The van der Waals surface area contributed by atoms with E-state index in [-0.39, 0.29) is 5.91 Å². The maximum atomic E-state index is 12.3. The van der Waals surface area contributed by atoms with Crippen LogP contribution in [0.2, 0.25) is 0 Å². The molecule has 0 bridgehead atoms. The van der Waals surface area contributed by atoms with Crippen molar-refractivity contribution in [2.24, 2.45) is 0 Å². The summed E-state index contributed by atoms with van der Waals surface area (Å²) in [5.74, 6) is 0.587. The number of benzene rings is 1. The van der Waals surface area contributed by atoms with Crippen LogP contribution >= 0.6 is 15.9 Å². The Balaban J connectivity index is 2.29. The molecule has 0 fully saturated rings. The highest BCUT2D eigenvalue weighted by atomic mass is 79.9. The topological polar surface area (TPSA) is 42.2 Å². The maximum Gasteiger partial charge on any atom is 0.259 e. The van der Waals surface area contributed by atoms with Gasteiger partial charge in [-0.15, -0.1) is 0 Å². The van der Waals surface area contributed by atoms with E-state index >= 15 is 0 Å². The van der Waals surface area contributed by atoms with Crippen LogP contribution < -0.4 is 5.32 Å². The molecular weight excluding hydrogens is 306 g/mol. The first kappa shape index (κ1) is 13.9. The van der Waals surface area contributed by atoms with Gasteiger partial charge >= 0.3 is 0 Å². The minimum absolute atomic E-state index is 0.126. The molecule has 0 aliphatic rings. The van der Waals surface area contributed by atoms with E-state index in [9.17, 15) is 4.79 Å². The number of carbonyl (C=O) groups excluding carboxylic acids is 1. The number of rotatable bonds is 3. The van der Waals surface area contributed by atoms with Crippen LogP contribution in [0.1, 0.15) is 34.2 Å². The second kappa shape index (κ2) is 5.61. The normalized spacial score (nSPS) is 10.5. The van der Waals surface area contributed by atoms with Gasteiger partial charge < -0.3 is 9.73 Å². The van der Waals surface area contributed by atoms with E-state index in [0.29, 0.717) is 17.7 Å². The molecule has 1 aromatic heterocycles. The first-order chi connectivity index (χ1) is 9.02. The summed E-state index contributed by atoms with van der Waals surface area (Å²) in [6, 6.07) is 5.68. The molecule has 0 saturated heterocycles. The number of hydrogen-bond donors (Lipinski definition) is 1. The molecular formula is C15H16BrNO2. The van der Waals surface area contributed by atoms with E-state index in [2.05, 4.69) is 21.2 Å². The summed E-state index contributed by atoms with van der Waals surface area (Å²) in [6.45, 7) is 5.92. The van der Waals surface area contributed by atoms with Crippen molar-refractivity contribution in [2.75, 3.05) is 5.32 Å². The van der Waals surface area contributed by atoms with Gasteiger partial charge in [-0.25, -0.2) is 0 Å². The third-order valence-corrected chi connectivity index (χ3v) is 3.50. The molecule has 0 atom stereocenters. The zero-order valence-corrected chi connectivity index (χ0v) is 12.8. The van der Waals surface area contributed by atoms with Crippen LogP contribution in [0.25, 0.3) is 0 Å². The molecule has 4 heteroatoms. The molecule has 0 spiro atoms. The molecule has 0 unspecified atom stereocenters. The van der Waals surface area contributed by atoms with Gasteiger partial charge in [0.2, 0.25) is 0 Å². The Kier molecular flexibility index (Phi) is 4.10. The summed E-state index contributed by atoms with van der Waals surface area (Å²) >= 11 is 3.45. The zero-order chi connectivity index (χ0) is 14.0. The Morgan fingerprint density at radius 1 is 1.32 bits per heavy atom. The zero-order valence-electron chi connectivity index (χ0n) is 11.2. The molecule has 2 rings (SSSR count). The number of anilines is 1. The van der Waals surface area contributed by atoms with Crippen molar-refractivity contribution in [1.29, 1.82) is 0 Å². The van der Waals surface area contributed by atoms with Crippen LogP contribution in [-0.4, -0.2) is 5.91 Å². The molecule has 1 heterocycles. The van der Waals surface area contributed by atoms with Crippen molar-refractivity contribution >= 4 is 27.5 Å². The molecule has 0 saturated carbocycles. The average Bonchev–Trinajstić information content (AvgIpc) is 2.81. The van der Waals surface area contributed by atoms with Crippen molar-refractivity contribution < 1.29 is 9.21 Å². The fourth-order valence-electron chi connectivity index (χ4n) is 2.11. The summed E-state index contributed by atoms with van der Waals surface area (Å²) in [5.41, 5.74) is 3.52. The van der Waals surface area contributed by atoms with Gasteiger partial charge in [-0.3, -0.25) is 4.79 Å². The van der Waals surface area contributed by atoms with Crippen LogP contribution in [0.5, 0.6) is 0 Å². The van der Waals surface area contributed by atoms with E-state index < -0.39 is 0 Å². The Bertz CT molecular complexity index is 593. The maximum absolute atomic E-state index is 12.3. The Labute approximate surface area is 121 Å². The number of nitrogens with one attached hydrogen (secondary N) is 1. The predicted molar refractivity (Wildman–Crippen MR) is 79.7 cm³/mol. The van der Waals surface area contributed by atoms with Gasteiger partial charge in [0.1, 0.15) is 5.76 Å². The van der Waals surface area contributed by atoms with Crippen LogP contribution in [0, 0.1) is 13.8 Å². The average molecular weight is 322 g/mol. The van der Waals surface area contributed by atoms with Crippen LogP contribution in [0.15, 0.2) is 33.4 Å². The standard InChI is InChI=1S/C15H16BrNO2/c1-4-13-12(5-6-19-13)15(18)17-14-9(2)7-11(16)8-10(14)3/h5-8H,4H2,1-3H3,(H,17,18). The number of hydrogen-bond acceptors (Lipinski definition) is 2. The molecule has 1 aromatic carbocycles. The van der Waals surface area contributed by atoms with Gasteiger partial charge in [0.15, 0.2) is 0 Å². The highest BCUT2D eigenvalue weighted by molar-refractivity contribution is 9.10. The molecule has 1 N–H and O–H groups in total. The fourth-order valence-corrected chi connectivity index (χ4v) is 2.79. The minimum atomic E-state index is -0.126. The van der Waals surface area contributed by atoms with E-state index in [1.54, 1.807) is 12.3 Å².